The van der Waals surface area contributed by atoms with Gasteiger partial charge in [-0.2, -0.15) is 0 Å². The van der Waals surface area contributed by atoms with Crippen molar-refractivity contribution in [1.29, 1.82) is 0 Å². The Hall–Kier alpha value is -1.77. The van der Waals surface area contributed by atoms with E-state index < -0.39 is 0 Å². The fourth-order valence-electron chi connectivity index (χ4n) is 2.08. The highest BCUT2D eigenvalue weighted by Gasteiger charge is 2.14. The lowest BCUT2D eigenvalue weighted by molar-refractivity contribution is 0.491. The Kier molecular flexibility index (Phi) is 4.25. The fourth-order valence-corrected chi connectivity index (χ4v) is 2.08. The monoisotopic (exact) mass is 257 g/mol. The standard InChI is InChI=1S/C16H23N3/c1-5-12(2)14(4)18-16-17-13(3)11-19(16)15-9-7-6-8-10-15/h6-12,14H,5H2,1-4H3,(H,17,18). The van der Waals surface area contributed by atoms with Gasteiger partial charge in [0.1, 0.15) is 0 Å². The number of hydrogen-bond acceptors (Lipinski definition) is 2. The van der Waals surface area contributed by atoms with Crippen molar-refractivity contribution >= 4 is 5.95 Å². The number of rotatable bonds is 5. The highest BCUT2D eigenvalue weighted by Crippen LogP contribution is 2.19. The lowest BCUT2D eigenvalue weighted by Gasteiger charge is -2.21. The van der Waals surface area contributed by atoms with E-state index in [0.717, 1.165) is 17.3 Å². The van der Waals surface area contributed by atoms with Crippen LogP contribution in [0.25, 0.3) is 5.69 Å². The minimum atomic E-state index is 0.411. The summed E-state index contributed by atoms with van der Waals surface area (Å²) < 4.78 is 2.12. The molecule has 0 radical (unpaired) electrons. The van der Waals surface area contributed by atoms with Gasteiger partial charge in [-0.1, -0.05) is 38.5 Å². The van der Waals surface area contributed by atoms with E-state index in [9.17, 15) is 0 Å². The maximum absolute atomic E-state index is 4.60. The Labute approximate surface area is 115 Å². The maximum atomic E-state index is 4.60. The van der Waals surface area contributed by atoms with Gasteiger partial charge >= 0.3 is 0 Å². The van der Waals surface area contributed by atoms with Crippen molar-refractivity contribution in [2.45, 2.75) is 40.2 Å². The molecule has 1 aromatic carbocycles. The van der Waals surface area contributed by atoms with Crippen LogP contribution >= 0.6 is 0 Å². The van der Waals surface area contributed by atoms with Crippen LogP contribution in [0.2, 0.25) is 0 Å². The number of nitrogens with one attached hydrogen (secondary N) is 1. The van der Waals surface area contributed by atoms with E-state index in [0.29, 0.717) is 12.0 Å². The molecule has 0 fully saturated rings. The van der Waals surface area contributed by atoms with Gasteiger partial charge in [0.05, 0.1) is 5.69 Å². The molecule has 3 nitrogen and oxygen atoms in total. The van der Waals surface area contributed by atoms with Crippen LogP contribution in [0.3, 0.4) is 0 Å². The smallest absolute Gasteiger partial charge is 0.207 e. The number of aryl methyl sites for hydroxylation is 1. The topological polar surface area (TPSA) is 29.9 Å². The summed E-state index contributed by atoms with van der Waals surface area (Å²) in [7, 11) is 0. The predicted molar refractivity (Wildman–Crippen MR) is 80.8 cm³/mol. The van der Waals surface area contributed by atoms with Crippen LogP contribution in [-0.2, 0) is 0 Å². The minimum Gasteiger partial charge on any atom is -0.353 e. The third-order valence-electron chi connectivity index (χ3n) is 3.72. The largest absolute Gasteiger partial charge is 0.353 e. The number of benzene rings is 1. The van der Waals surface area contributed by atoms with Crippen molar-refractivity contribution in [1.82, 2.24) is 9.55 Å². The first-order valence-electron chi connectivity index (χ1n) is 6.99. The van der Waals surface area contributed by atoms with Crippen molar-refractivity contribution in [2.75, 3.05) is 5.32 Å². The number of nitrogens with zero attached hydrogens (tertiary/aromatic N) is 2. The second kappa shape index (κ2) is 5.91. The van der Waals surface area contributed by atoms with Gasteiger partial charge in [0.15, 0.2) is 0 Å². The molecule has 102 valence electrons. The van der Waals surface area contributed by atoms with Crippen molar-refractivity contribution in [3.63, 3.8) is 0 Å². The Morgan fingerprint density at radius 1 is 1.21 bits per heavy atom. The molecule has 2 aromatic rings. The summed E-state index contributed by atoms with van der Waals surface area (Å²) in [4.78, 5) is 4.60. The summed E-state index contributed by atoms with van der Waals surface area (Å²) in [6.45, 7) is 8.73. The van der Waals surface area contributed by atoms with Gasteiger partial charge in [-0.25, -0.2) is 4.98 Å². The molecule has 2 unspecified atom stereocenters. The molecule has 2 atom stereocenters. The summed E-state index contributed by atoms with van der Waals surface area (Å²) >= 11 is 0. The average Bonchev–Trinajstić information content (AvgIpc) is 2.79. The number of hydrogen-bond donors (Lipinski definition) is 1. The Morgan fingerprint density at radius 3 is 2.53 bits per heavy atom. The summed E-state index contributed by atoms with van der Waals surface area (Å²) in [5, 5.41) is 3.53. The third-order valence-corrected chi connectivity index (χ3v) is 3.72. The van der Waals surface area contributed by atoms with Gasteiger partial charge < -0.3 is 5.32 Å². The quantitative estimate of drug-likeness (QED) is 0.876. The Bertz CT molecular complexity index is 516. The summed E-state index contributed by atoms with van der Waals surface area (Å²) in [5.74, 6) is 1.55. The van der Waals surface area contributed by atoms with E-state index in [1.807, 2.05) is 25.1 Å². The predicted octanol–water partition coefficient (Wildman–Crippen LogP) is 4.03. The lowest BCUT2D eigenvalue weighted by atomic mass is 10.0. The van der Waals surface area contributed by atoms with Gasteiger partial charge in [0.25, 0.3) is 0 Å². The SMILES string of the molecule is CCC(C)C(C)Nc1nc(C)cn1-c1ccccc1. The van der Waals surface area contributed by atoms with Crippen molar-refractivity contribution < 1.29 is 0 Å². The van der Waals surface area contributed by atoms with Gasteiger partial charge in [0, 0.05) is 17.9 Å². The Balaban J connectivity index is 2.27. The highest BCUT2D eigenvalue weighted by atomic mass is 15.2. The number of aromatic nitrogens is 2. The zero-order valence-corrected chi connectivity index (χ0v) is 12.2. The second-order valence-corrected chi connectivity index (χ2v) is 5.23. The van der Waals surface area contributed by atoms with Crippen LogP contribution in [0.5, 0.6) is 0 Å². The van der Waals surface area contributed by atoms with Crippen LogP contribution in [0.15, 0.2) is 36.5 Å². The molecular weight excluding hydrogens is 234 g/mol. The summed E-state index contributed by atoms with van der Waals surface area (Å²) in [6, 6.07) is 10.7. The molecule has 2 rings (SSSR count). The third kappa shape index (κ3) is 3.16. The fraction of sp³-hybridized carbons (Fsp3) is 0.438. The zero-order valence-electron chi connectivity index (χ0n) is 12.2. The first kappa shape index (κ1) is 13.7. The van der Waals surface area contributed by atoms with Crippen molar-refractivity contribution in [3.8, 4) is 5.69 Å². The molecule has 0 saturated heterocycles. The summed E-state index contributed by atoms with van der Waals surface area (Å²) in [6.07, 6.45) is 3.24. The molecule has 19 heavy (non-hydrogen) atoms. The number of anilines is 1. The van der Waals surface area contributed by atoms with E-state index in [1.54, 1.807) is 0 Å². The normalized spacial score (nSPS) is 14.1. The molecule has 0 aliphatic carbocycles. The van der Waals surface area contributed by atoms with Crippen molar-refractivity contribution in [2.24, 2.45) is 5.92 Å². The molecule has 1 N–H and O–H groups in total. The molecule has 0 amide bonds. The first-order valence-corrected chi connectivity index (χ1v) is 6.99. The maximum Gasteiger partial charge on any atom is 0.207 e. The van der Waals surface area contributed by atoms with Crippen LogP contribution in [0, 0.1) is 12.8 Å². The van der Waals surface area contributed by atoms with E-state index in [-0.39, 0.29) is 0 Å². The van der Waals surface area contributed by atoms with Gasteiger partial charge in [-0.3, -0.25) is 4.57 Å². The van der Waals surface area contributed by atoms with Gasteiger partial charge in [-0.15, -0.1) is 0 Å². The van der Waals surface area contributed by atoms with E-state index in [1.165, 1.54) is 6.42 Å². The first-order chi connectivity index (χ1) is 9.11. The molecular formula is C16H23N3. The van der Waals surface area contributed by atoms with Crippen LogP contribution in [-0.4, -0.2) is 15.6 Å². The molecule has 1 heterocycles. The zero-order chi connectivity index (χ0) is 13.8. The number of imidazole rings is 1. The van der Waals surface area contributed by atoms with Gasteiger partial charge in [-0.05, 0) is 31.9 Å². The second-order valence-electron chi connectivity index (χ2n) is 5.23. The molecule has 0 spiro atoms. The molecule has 0 bridgehead atoms. The van der Waals surface area contributed by atoms with E-state index >= 15 is 0 Å². The molecule has 0 aliphatic rings. The highest BCUT2D eigenvalue weighted by molar-refractivity contribution is 5.43. The van der Waals surface area contributed by atoms with E-state index in [2.05, 4.69) is 54.0 Å². The van der Waals surface area contributed by atoms with Crippen molar-refractivity contribution in [3.05, 3.63) is 42.2 Å². The molecule has 0 aliphatic heterocycles. The van der Waals surface area contributed by atoms with Crippen LogP contribution in [0.4, 0.5) is 5.95 Å². The van der Waals surface area contributed by atoms with E-state index in [4.69, 9.17) is 0 Å². The minimum absolute atomic E-state index is 0.411. The molecule has 1 aromatic heterocycles. The van der Waals surface area contributed by atoms with Crippen LogP contribution in [0.1, 0.15) is 32.9 Å². The average molecular weight is 257 g/mol. The molecule has 3 heteroatoms. The Morgan fingerprint density at radius 2 is 1.89 bits per heavy atom. The van der Waals surface area contributed by atoms with Gasteiger partial charge in [0.2, 0.25) is 5.95 Å². The van der Waals surface area contributed by atoms with Crippen LogP contribution < -0.4 is 5.32 Å². The number of para-hydroxylation sites is 1. The summed E-state index contributed by atoms with van der Waals surface area (Å²) in [5.41, 5.74) is 2.17. The molecule has 0 saturated carbocycles. The lowest BCUT2D eigenvalue weighted by Crippen LogP contribution is -2.25.